The van der Waals surface area contributed by atoms with Crippen LogP contribution in [0.5, 0.6) is 0 Å². The van der Waals surface area contributed by atoms with Gasteiger partial charge >= 0.3 is 6.18 Å². The van der Waals surface area contributed by atoms with E-state index in [1.165, 1.54) is 6.07 Å². The summed E-state index contributed by atoms with van der Waals surface area (Å²) in [5.41, 5.74) is -0.355. The molecule has 5 heteroatoms. The third-order valence-corrected chi connectivity index (χ3v) is 5.28. The van der Waals surface area contributed by atoms with Gasteiger partial charge in [0.1, 0.15) is 0 Å². The highest BCUT2D eigenvalue weighted by Crippen LogP contribution is 2.41. The maximum absolute atomic E-state index is 12.8. The highest BCUT2D eigenvalue weighted by Gasteiger charge is 2.33. The zero-order valence-electron chi connectivity index (χ0n) is 12.0. The molecule has 2 rings (SSSR count). The van der Waals surface area contributed by atoms with Gasteiger partial charge in [-0.1, -0.05) is 42.1 Å². The van der Waals surface area contributed by atoms with Crippen molar-refractivity contribution in [3.05, 3.63) is 33.8 Å². The molecule has 1 N–H and O–H groups in total. The molecular formula is C16H20BrF3O. The molecule has 1 atom stereocenters. The number of rotatable bonds is 3. The van der Waals surface area contributed by atoms with Gasteiger partial charge in [0.15, 0.2) is 0 Å². The van der Waals surface area contributed by atoms with Crippen molar-refractivity contribution in [2.45, 2.75) is 51.3 Å². The summed E-state index contributed by atoms with van der Waals surface area (Å²) in [5, 5.41) is 10.5. The van der Waals surface area contributed by atoms with Gasteiger partial charge in [0.05, 0.1) is 11.7 Å². The average Bonchev–Trinajstić information content (AvgIpc) is 2.46. The number of aliphatic hydroxyl groups is 1. The Labute approximate surface area is 131 Å². The minimum Gasteiger partial charge on any atom is -0.388 e. The quantitative estimate of drug-likeness (QED) is 0.727. The van der Waals surface area contributed by atoms with Gasteiger partial charge in [0.2, 0.25) is 0 Å². The Morgan fingerprint density at radius 1 is 1.24 bits per heavy atom. The van der Waals surface area contributed by atoms with E-state index in [0.29, 0.717) is 16.0 Å². The lowest BCUT2D eigenvalue weighted by atomic mass is 9.77. The van der Waals surface area contributed by atoms with Crippen molar-refractivity contribution in [3.8, 4) is 0 Å². The Morgan fingerprint density at radius 3 is 2.38 bits per heavy atom. The molecule has 0 amide bonds. The van der Waals surface area contributed by atoms with Crippen molar-refractivity contribution in [1.82, 2.24) is 0 Å². The molecule has 0 radical (unpaired) electrons. The maximum atomic E-state index is 12.8. The second kappa shape index (κ2) is 6.69. The molecular weight excluding hydrogens is 345 g/mol. The molecule has 0 spiro atoms. The first-order valence-corrected chi connectivity index (χ1v) is 8.17. The Hall–Kier alpha value is -0.550. The highest BCUT2D eigenvalue weighted by molar-refractivity contribution is 9.10. The van der Waals surface area contributed by atoms with Crippen molar-refractivity contribution < 1.29 is 18.3 Å². The molecule has 1 unspecified atom stereocenters. The monoisotopic (exact) mass is 364 g/mol. The van der Waals surface area contributed by atoms with Gasteiger partial charge in [-0.15, -0.1) is 0 Å². The summed E-state index contributed by atoms with van der Waals surface area (Å²) < 4.78 is 39.0. The molecule has 1 aliphatic carbocycles. The second-order valence-corrected chi connectivity index (χ2v) is 6.72. The lowest BCUT2D eigenvalue weighted by molar-refractivity contribution is -0.137. The molecule has 1 aromatic rings. The molecule has 0 aromatic heterocycles. The van der Waals surface area contributed by atoms with Gasteiger partial charge in [-0.2, -0.15) is 13.2 Å². The maximum Gasteiger partial charge on any atom is 0.416 e. The normalized spacial score (nSPS) is 24.9. The zero-order valence-corrected chi connectivity index (χ0v) is 13.5. The van der Waals surface area contributed by atoms with Crippen LogP contribution >= 0.6 is 15.9 Å². The predicted molar refractivity (Wildman–Crippen MR) is 79.8 cm³/mol. The average molecular weight is 365 g/mol. The molecule has 1 saturated carbocycles. The van der Waals surface area contributed by atoms with Crippen LogP contribution in [0.1, 0.15) is 56.3 Å². The Kier molecular flexibility index (Phi) is 5.36. The molecule has 1 aliphatic rings. The summed E-state index contributed by atoms with van der Waals surface area (Å²) in [6.07, 6.45) is -0.223. The van der Waals surface area contributed by atoms with E-state index >= 15 is 0 Å². The van der Waals surface area contributed by atoms with Gasteiger partial charge in [0, 0.05) is 4.47 Å². The van der Waals surface area contributed by atoms with Crippen LogP contribution in [0, 0.1) is 11.8 Å². The van der Waals surface area contributed by atoms with E-state index in [0.717, 1.165) is 44.2 Å². The van der Waals surface area contributed by atoms with Gasteiger partial charge in [-0.3, -0.25) is 0 Å². The van der Waals surface area contributed by atoms with Gasteiger partial charge in [0.25, 0.3) is 0 Å². The molecule has 0 heterocycles. The summed E-state index contributed by atoms with van der Waals surface area (Å²) in [4.78, 5) is 0. The summed E-state index contributed by atoms with van der Waals surface area (Å²) >= 11 is 3.26. The van der Waals surface area contributed by atoms with E-state index in [4.69, 9.17) is 0 Å². The predicted octanol–water partition coefficient (Wildman–Crippen LogP) is 5.72. The molecule has 0 saturated heterocycles. The van der Waals surface area contributed by atoms with Gasteiger partial charge < -0.3 is 5.11 Å². The van der Waals surface area contributed by atoms with Crippen LogP contribution in [0.4, 0.5) is 13.2 Å². The molecule has 1 nitrogen and oxygen atoms in total. The molecule has 21 heavy (non-hydrogen) atoms. The van der Waals surface area contributed by atoms with Crippen LogP contribution in [0.25, 0.3) is 0 Å². The van der Waals surface area contributed by atoms with Crippen molar-refractivity contribution in [2.75, 3.05) is 0 Å². The topological polar surface area (TPSA) is 20.2 Å². The molecule has 1 aromatic carbocycles. The first kappa shape index (κ1) is 16.8. The second-order valence-electron chi connectivity index (χ2n) is 5.87. The fourth-order valence-corrected chi connectivity index (χ4v) is 3.59. The van der Waals surface area contributed by atoms with E-state index < -0.39 is 17.8 Å². The van der Waals surface area contributed by atoms with Gasteiger partial charge in [-0.05, 0) is 48.4 Å². The van der Waals surface area contributed by atoms with E-state index in [1.54, 1.807) is 0 Å². The van der Waals surface area contributed by atoms with Crippen molar-refractivity contribution in [2.24, 2.45) is 11.8 Å². The van der Waals surface area contributed by atoms with E-state index in [2.05, 4.69) is 22.9 Å². The van der Waals surface area contributed by atoms with Crippen LogP contribution in [-0.4, -0.2) is 5.11 Å². The third kappa shape index (κ3) is 4.01. The van der Waals surface area contributed by atoms with E-state index in [1.807, 2.05) is 0 Å². The largest absolute Gasteiger partial charge is 0.416 e. The number of benzene rings is 1. The van der Waals surface area contributed by atoms with E-state index in [9.17, 15) is 18.3 Å². The molecule has 1 fully saturated rings. The van der Waals surface area contributed by atoms with Crippen LogP contribution < -0.4 is 0 Å². The van der Waals surface area contributed by atoms with Crippen molar-refractivity contribution in [1.29, 1.82) is 0 Å². The Balaban J connectivity index is 2.17. The fourth-order valence-electron chi connectivity index (χ4n) is 3.11. The number of alkyl halides is 3. The highest BCUT2D eigenvalue weighted by atomic mass is 79.9. The van der Waals surface area contributed by atoms with E-state index in [-0.39, 0.29) is 5.92 Å². The number of hydrogen-bond donors (Lipinski definition) is 1. The summed E-state index contributed by atoms with van der Waals surface area (Å²) in [7, 11) is 0. The Morgan fingerprint density at radius 2 is 1.86 bits per heavy atom. The first-order valence-electron chi connectivity index (χ1n) is 7.37. The minimum absolute atomic E-state index is 0.0487. The number of hydrogen-bond acceptors (Lipinski definition) is 1. The molecule has 118 valence electrons. The van der Waals surface area contributed by atoms with Crippen LogP contribution in [0.2, 0.25) is 0 Å². The standard InChI is InChI=1S/C16H20BrF3O/c1-2-10-3-5-11(6-4-10)15(21)13-9-12(16(18,19)20)7-8-14(13)17/h7-11,15,21H,2-6H2,1H3. The Bertz CT molecular complexity index is 479. The van der Waals surface area contributed by atoms with Gasteiger partial charge in [-0.25, -0.2) is 0 Å². The van der Waals surface area contributed by atoms with Crippen molar-refractivity contribution >= 4 is 15.9 Å². The lowest BCUT2D eigenvalue weighted by Crippen LogP contribution is -2.21. The SMILES string of the molecule is CCC1CCC(C(O)c2cc(C(F)(F)F)ccc2Br)CC1. The summed E-state index contributed by atoms with van der Waals surface area (Å²) in [6, 6.07) is 3.48. The first-order chi connectivity index (χ1) is 9.82. The van der Waals surface area contributed by atoms with Crippen molar-refractivity contribution in [3.63, 3.8) is 0 Å². The lowest BCUT2D eigenvalue weighted by Gasteiger charge is -2.31. The third-order valence-electron chi connectivity index (χ3n) is 4.56. The molecule has 0 aliphatic heterocycles. The molecule has 0 bridgehead atoms. The summed E-state index contributed by atoms with van der Waals surface area (Å²) in [5.74, 6) is 0.742. The fraction of sp³-hybridized carbons (Fsp3) is 0.625. The summed E-state index contributed by atoms with van der Waals surface area (Å²) in [6.45, 7) is 2.16. The minimum atomic E-state index is -4.38. The number of aliphatic hydroxyl groups excluding tert-OH is 1. The van der Waals surface area contributed by atoms with Crippen LogP contribution in [0.15, 0.2) is 22.7 Å². The zero-order chi connectivity index (χ0) is 15.6. The van der Waals surface area contributed by atoms with Crippen LogP contribution in [0.3, 0.4) is 0 Å². The number of halogens is 4. The smallest absolute Gasteiger partial charge is 0.388 e. The van der Waals surface area contributed by atoms with Crippen LogP contribution in [-0.2, 0) is 6.18 Å².